The second kappa shape index (κ2) is 6.00. The summed E-state index contributed by atoms with van der Waals surface area (Å²) >= 11 is 0. The van der Waals surface area contributed by atoms with E-state index < -0.39 is 0 Å². The molecule has 1 atom stereocenters. The zero-order valence-electron chi connectivity index (χ0n) is 12.6. The quantitative estimate of drug-likeness (QED) is 0.792. The van der Waals surface area contributed by atoms with Crippen molar-refractivity contribution in [1.29, 1.82) is 0 Å². The van der Waals surface area contributed by atoms with Crippen LogP contribution in [0.15, 0.2) is 42.5 Å². The molecule has 0 saturated carbocycles. The molecule has 20 heavy (non-hydrogen) atoms. The summed E-state index contributed by atoms with van der Waals surface area (Å²) in [4.78, 5) is 0. The minimum Gasteiger partial charge on any atom is -0.398 e. The Morgan fingerprint density at radius 3 is 2.05 bits per heavy atom. The van der Waals surface area contributed by atoms with Crippen molar-refractivity contribution < 1.29 is 0 Å². The Morgan fingerprint density at radius 1 is 0.850 bits per heavy atom. The van der Waals surface area contributed by atoms with Gasteiger partial charge >= 0.3 is 0 Å². The van der Waals surface area contributed by atoms with Crippen LogP contribution in [0.1, 0.15) is 38.7 Å². The molecule has 0 aliphatic rings. The molecule has 4 N–H and O–H groups in total. The smallest absolute Gasteiger partial charge is 0.0398 e. The predicted molar refractivity (Wildman–Crippen MR) is 88.6 cm³/mol. The molecular weight excluding hydrogens is 244 g/mol. The molecule has 2 rings (SSSR count). The number of benzene rings is 2. The van der Waals surface area contributed by atoms with Crippen molar-refractivity contribution in [3.63, 3.8) is 0 Å². The number of anilines is 2. The van der Waals surface area contributed by atoms with Crippen molar-refractivity contribution in [3.8, 4) is 11.1 Å². The molecule has 0 aliphatic heterocycles. The number of hydrogen-bond acceptors (Lipinski definition) is 2. The monoisotopic (exact) mass is 268 g/mol. The van der Waals surface area contributed by atoms with Crippen LogP contribution >= 0.6 is 0 Å². The number of rotatable bonds is 4. The fourth-order valence-corrected chi connectivity index (χ4v) is 2.94. The molecule has 2 nitrogen and oxygen atoms in total. The zero-order chi connectivity index (χ0) is 14.7. The summed E-state index contributed by atoms with van der Waals surface area (Å²) in [5.74, 6) is 1.03. The molecular formula is C18H24N2. The van der Waals surface area contributed by atoms with E-state index in [0.29, 0.717) is 11.8 Å². The van der Waals surface area contributed by atoms with E-state index in [4.69, 9.17) is 11.5 Å². The molecule has 2 aromatic carbocycles. The van der Waals surface area contributed by atoms with Gasteiger partial charge < -0.3 is 11.5 Å². The fourth-order valence-electron chi connectivity index (χ4n) is 2.94. The van der Waals surface area contributed by atoms with E-state index in [-0.39, 0.29) is 0 Å². The number of nitrogens with two attached hydrogens (primary N) is 2. The molecule has 2 aromatic rings. The third-order valence-electron chi connectivity index (χ3n) is 3.69. The third-order valence-corrected chi connectivity index (χ3v) is 3.69. The van der Waals surface area contributed by atoms with Gasteiger partial charge in [0.15, 0.2) is 0 Å². The lowest BCUT2D eigenvalue weighted by Crippen LogP contribution is -2.07. The first kappa shape index (κ1) is 14.4. The number of hydrogen-bond donors (Lipinski definition) is 2. The third kappa shape index (κ3) is 2.96. The second-order valence-electron chi connectivity index (χ2n) is 5.93. The topological polar surface area (TPSA) is 52.0 Å². The highest BCUT2D eigenvalue weighted by Crippen LogP contribution is 2.39. The lowest BCUT2D eigenvalue weighted by atomic mass is 9.85. The van der Waals surface area contributed by atoms with Crippen LogP contribution in [-0.2, 0) is 0 Å². The van der Waals surface area contributed by atoms with Gasteiger partial charge in [-0.15, -0.1) is 0 Å². The van der Waals surface area contributed by atoms with Crippen LogP contribution < -0.4 is 11.5 Å². The van der Waals surface area contributed by atoms with Gasteiger partial charge in [0.05, 0.1) is 0 Å². The van der Waals surface area contributed by atoms with Crippen LogP contribution in [0, 0.1) is 5.92 Å². The van der Waals surface area contributed by atoms with Crippen LogP contribution in [0.25, 0.3) is 11.1 Å². The summed E-state index contributed by atoms with van der Waals surface area (Å²) in [5.41, 5.74) is 17.5. The Kier molecular flexibility index (Phi) is 4.33. The maximum Gasteiger partial charge on any atom is 0.0398 e. The summed E-state index contributed by atoms with van der Waals surface area (Å²) in [5, 5.41) is 0. The Hall–Kier alpha value is -1.96. The van der Waals surface area contributed by atoms with Gasteiger partial charge in [0.25, 0.3) is 0 Å². The lowest BCUT2D eigenvalue weighted by Gasteiger charge is -2.22. The summed E-state index contributed by atoms with van der Waals surface area (Å²) < 4.78 is 0. The molecule has 0 saturated heterocycles. The van der Waals surface area contributed by atoms with Crippen LogP contribution in [0.5, 0.6) is 0 Å². The molecule has 0 radical (unpaired) electrons. The Balaban J connectivity index is 2.58. The molecule has 0 spiro atoms. The average Bonchev–Trinajstić information content (AvgIpc) is 2.41. The number of nitrogen functional groups attached to an aromatic ring is 2. The summed E-state index contributed by atoms with van der Waals surface area (Å²) in [6.45, 7) is 6.71. The summed E-state index contributed by atoms with van der Waals surface area (Å²) in [7, 11) is 0. The molecule has 1 unspecified atom stereocenters. The Morgan fingerprint density at radius 2 is 1.45 bits per heavy atom. The van der Waals surface area contributed by atoms with Gasteiger partial charge in [-0.3, -0.25) is 0 Å². The van der Waals surface area contributed by atoms with Crippen molar-refractivity contribution in [2.75, 3.05) is 11.5 Å². The molecule has 0 heterocycles. The van der Waals surface area contributed by atoms with Crippen LogP contribution in [0.2, 0.25) is 0 Å². The first-order valence-corrected chi connectivity index (χ1v) is 7.24. The highest BCUT2D eigenvalue weighted by atomic mass is 14.6. The van der Waals surface area contributed by atoms with E-state index >= 15 is 0 Å². The second-order valence-corrected chi connectivity index (χ2v) is 5.93. The standard InChI is InChI=1S/C18H24N2/c1-12(2)11-13(3)17-15(19)9-10-16(20)18(17)14-7-5-4-6-8-14/h4-10,12-13H,11,19-20H2,1-3H3. The Labute approximate surface area is 121 Å². The average molecular weight is 268 g/mol. The largest absolute Gasteiger partial charge is 0.398 e. The van der Waals surface area contributed by atoms with Crippen LogP contribution in [-0.4, -0.2) is 0 Å². The van der Waals surface area contributed by atoms with Gasteiger partial charge in [0, 0.05) is 16.9 Å². The predicted octanol–water partition coefficient (Wildman–Crippen LogP) is 4.67. The van der Waals surface area contributed by atoms with Gasteiger partial charge in [0.2, 0.25) is 0 Å². The molecule has 0 aliphatic carbocycles. The van der Waals surface area contributed by atoms with Gasteiger partial charge in [0.1, 0.15) is 0 Å². The summed E-state index contributed by atoms with van der Waals surface area (Å²) in [6.07, 6.45) is 1.10. The summed E-state index contributed by atoms with van der Waals surface area (Å²) in [6, 6.07) is 14.1. The molecule has 0 aromatic heterocycles. The highest BCUT2D eigenvalue weighted by molar-refractivity contribution is 5.84. The molecule has 106 valence electrons. The van der Waals surface area contributed by atoms with E-state index in [1.807, 2.05) is 30.3 Å². The van der Waals surface area contributed by atoms with Gasteiger partial charge in [-0.1, -0.05) is 51.1 Å². The maximum atomic E-state index is 6.25. The van der Waals surface area contributed by atoms with E-state index in [1.54, 1.807) is 0 Å². The van der Waals surface area contributed by atoms with Crippen molar-refractivity contribution >= 4 is 11.4 Å². The van der Waals surface area contributed by atoms with Crippen LogP contribution in [0.3, 0.4) is 0 Å². The van der Waals surface area contributed by atoms with Gasteiger partial charge in [-0.25, -0.2) is 0 Å². The molecule has 0 fully saturated rings. The van der Waals surface area contributed by atoms with E-state index in [0.717, 1.165) is 28.9 Å². The van der Waals surface area contributed by atoms with Crippen molar-refractivity contribution in [1.82, 2.24) is 0 Å². The fraction of sp³-hybridized carbons (Fsp3) is 0.333. The van der Waals surface area contributed by atoms with Crippen molar-refractivity contribution in [2.24, 2.45) is 5.92 Å². The zero-order valence-corrected chi connectivity index (χ0v) is 12.6. The normalized spacial score (nSPS) is 12.6. The lowest BCUT2D eigenvalue weighted by molar-refractivity contribution is 0.525. The minimum atomic E-state index is 0.397. The maximum absolute atomic E-state index is 6.25. The van der Waals surface area contributed by atoms with Crippen molar-refractivity contribution in [3.05, 3.63) is 48.0 Å². The first-order valence-electron chi connectivity index (χ1n) is 7.24. The van der Waals surface area contributed by atoms with Crippen molar-refractivity contribution in [2.45, 2.75) is 33.1 Å². The Bertz CT molecular complexity index is 573. The highest BCUT2D eigenvalue weighted by Gasteiger charge is 2.18. The van der Waals surface area contributed by atoms with E-state index in [9.17, 15) is 0 Å². The SMILES string of the molecule is CC(C)CC(C)c1c(N)ccc(N)c1-c1ccccc1. The van der Waals surface area contributed by atoms with Gasteiger partial charge in [-0.05, 0) is 41.5 Å². The van der Waals surface area contributed by atoms with E-state index in [2.05, 4.69) is 32.9 Å². The van der Waals surface area contributed by atoms with E-state index in [1.165, 1.54) is 5.56 Å². The molecule has 0 amide bonds. The van der Waals surface area contributed by atoms with Gasteiger partial charge in [-0.2, -0.15) is 0 Å². The first-order chi connectivity index (χ1) is 9.50. The van der Waals surface area contributed by atoms with Crippen LogP contribution in [0.4, 0.5) is 11.4 Å². The molecule has 0 bridgehead atoms. The molecule has 2 heteroatoms. The minimum absolute atomic E-state index is 0.397.